The van der Waals surface area contributed by atoms with E-state index in [0.29, 0.717) is 6.42 Å². The van der Waals surface area contributed by atoms with Crippen LogP contribution < -0.4 is 0 Å². The monoisotopic (exact) mass is 258 g/mol. The maximum absolute atomic E-state index is 10.8. The zero-order valence-corrected chi connectivity index (χ0v) is 11.1. The van der Waals surface area contributed by atoms with E-state index in [1.54, 1.807) is 0 Å². The molecule has 0 amide bonds. The summed E-state index contributed by atoms with van der Waals surface area (Å²) in [7, 11) is 0. The van der Waals surface area contributed by atoms with Crippen LogP contribution >= 0.6 is 0 Å². The Balaban J connectivity index is 1.78. The van der Waals surface area contributed by atoms with Gasteiger partial charge in [0, 0.05) is 13.0 Å². The molecule has 2 aliphatic rings. The highest BCUT2D eigenvalue weighted by Crippen LogP contribution is 2.49. The van der Waals surface area contributed by atoms with E-state index < -0.39 is 0 Å². The molecule has 3 rings (SSSR count). The number of piperidine rings is 1. The van der Waals surface area contributed by atoms with Gasteiger partial charge in [0.15, 0.2) is 5.72 Å². The second kappa shape index (κ2) is 4.87. The van der Waals surface area contributed by atoms with Crippen LogP contribution in [0.4, 0.5) is 0 Å². The summed E-state index contributed by atoms with van der Waals surface area (Å²) in [5.74, 6) is 0. The summed E-state index contributed by atoms with van der Waals surface area (Å²) < 4.78 is 0. The van der Waals surface area contributed by atoms with Gasteiger partial charge in [-0.3, -0.25) is 4.84 Å². The molecule has 0 saturated carbocycles. The minimum atomic E-state index is -0.360. The molecule has 0 bridgehead atoms. The van der Waals surface area contributed by atoms with Crippen LogP contribution in [-0.2, 0) is 11.3 Å². The molecule has 19 heavy (non-hydrogen) atoms. The molecule has 1 aromatic rings. The van der Waals surface area contributed by atoms with Gasteiger partial charge in [0.2, 0.25) is 0 Å². The third-order valence-electron chi connectivity index (χ3n) is 4.05. The van der Waals surface area contributed by atoms with Crippen molar-refractivity contribution in [2.75, 3.05) is 6.54 Å². The number of hydrogen-bond acceptors (Lipinski definition) is 4. The van der Waals surface area contributed by atoms with E-state index in [4.69, 9.17) is 4.84 Å². The second-order valence-electron chi connectivity index (χ2n) is 5.21. The third-order valence-corrected chi connectivity index (χ3v) is 4.05. The summed E-state index contributed by atoms with van der Waals surface area (Å²) in [6.45, 7) is 2.83. The van der Waals surface area contributed by atoms with Crippen molar-refractivity contribution in [3.63, 3.8) is 0 Å². The molecule has 4 heteroatoms. The molecule has 1 aromatic carbocycles. The average Bonchev–Trinajstić information content (AvgIpc) is 3.20. The Morgan fingerprint density at radius 3 is 3.00 bits per heavy atom. The highest BCUT2D eigenvalue weighted by molar-refractivity contribution is 5.30. The number of allylic oxidation sites excluding steroid dienone is 1. The molecule has 3 atom stereocenters. The first kappa shape index (κ1) is 12.5. The number of nitrogens with zero attached hydrogens (tertiary/aromatic N) is 2. The predicted octanol–water partition coefficient (Wildman–Crippen LogP) is 3.05. The van der Waals surface area contributed by atoms with Crippen LogP contribution in [-0.4, -0.2) is 23.4 Å². The van der Waals surface area contributed by atoms with Crippen molar-refractivity contribution in [1.82, 2.24) is 5.06 Å². The number of nitroso groups, excluding NO2 is 1. The fraction of sp³-hybridized carbons (Fsp3) is 0.467. The van der Waals surface area contributed by atoms with Crippen molar-refractivity contribution >= 4 is 0 Å². The standard InChI is InChI=1S/C15H18N2O2/c1-2-13(10-12-6-4-3-5-7-12)15-11-14(16-18)8-9-17(15)19-15/h2-7,14H,8-11H2,1H3. The average molecular weight is 258 g/mol. The van der Waals surface area contributed by atoms with Crippen molar-refractivity contribution in [3.05, 3.63) is 52.5 Å². The van der Waals surface area contributed by atoms with Gasteiger partial charge in [-0.05, 0) is 30.9 Å². The maximum atomic E-state index is 10.8. The van der Waals surface area contributed by atoms with Gasteiger partial charge in [0.1, 0.15) is 0 Å². The highest BCUT2D eigenvalue weighted by Gasteiger charge is 2.60. The Bertz CT molecular complexity index is 500. The fourth-order valence-electron chi connectivity index (χ4n) is 2.94. The zero-order chi connectivity index (χ0) is 13.3. The van der Waals surface area contributed by atoms with Gasteiger partial charge in [-0.15, -0.1) is 5.06 Å². The molecule has 3 unspecified atom stereocenters. The summed E-state index contributed by atoms with van der Waals surface area (Å²) in [5, 5.41) is 5.20. The number of rotatable bonds is 4. The van der Waals surface area contributed by atoms with Crippen LogP contribution in [0, 0.1) is 4.91 Å². The van der Waals surface area contributed by atoms with E-state index in [1.807, 2.05) is 30.2 Å². The molecule has 4 nitrogen and oxygen atoms in total. The summed E-state index contributed by atoms with van der Waals surface area (Å²) >= 11 is 0. The topological polar surface area (TPSA) is 45.0 Å². The summed E-state index contributed by atoms with van der Waals surface area (Å²) in [6, 6.07) is 10.2. The molecular weight excluding hydrogens is 240 g/mol. The molecule has 0 radical (unpaired) electrons. The van der Waals surface area contributed by atoms with Gasteiger partial charge in [0.25, 0.3) is 0 Å². The molecule has 2 saturated heterocycles. The molecule has 0 N–H and O–H groups in total. The maximum Gasteiger partial charge on any atom is 0.188 e. The van der Waals surface area contributed by atoms with Gasteiger partial charge in [0.05, 0.1) is 6.04 Å². The van der Waals surface area contributed by atoms with Gasteiger partial charge in [-0.25, -0.2) is 0 Å². The molecule has 2 aliphatic heterocycles. The number of benzene rings is 1. The van der Waals surface area contributed by atoms with Crippen LogP contribution in [0.5, 0.6) is 0 Å². The van der Waals surface area contributed by atoms with Gasteiger partial charge in [-0.1, -0.05) is 41.6 Å². The SMILES string of the molecule is CC=C(Cc1ccccc1)C12CC(N=O)CCN1O2. The molecule has 0 spiro atoms. The van der Waals surface area contributed by atoms with Crippen LogP contribution in [0.25, 0.3) is 0 Å². The summed E-state index contributed by atoms with van der Waals surface area (Å²) in [5.41, 5.74) is 2.13. The largest absolute Gasteiger partial charge is 0.267 e. The van der Waals surface area contributed by atoms with Crippen molar-refractivity contribution in [2.45, 2.75) is 38.0 Å². The van der Waals surface area contributed by atoms with E-state index in [2.05, 4.69) is 23.4 Å². The molecule has 100 valence electrons. The van der Waals surface area contributed by atoms with Crippen LogP contribution in [0.2, 0.25) is 0 Å². The predicted molar refractivity (Wildman–Crippen MR) is 73.2 cm³/mol. The Kier molecular flexibility index (Phi) is 3.21. The van der Waals surface area contributed by atoms with E-state index in [1.165, 1.54) is 11.1 Å². The van der Waals surface area contributed by atoms with Crippen LogP contribution in [0.15, 0.2) is 47.2 Å². The van der Waals surface area contributed by atoms with E-state index in [9.17, 15) is 4.91 Å². The molecule has 0 aromatic heterocycles. The summed E-state index contributed by atoms with van der Waals surface area (Å²) in [6.07, 6.45) is 4.45. The number of hydroxylamine groups is 2. The highest BCUT2D eigenvalue weighted by atomic mass is 16.9. The fourth-order valence-corrected chi connectivity index (χ4v) is 2.94. The number of fused-ring (bicyclic) bond motifs is 1. The zero-order valence-electron chi connectivity index (χ0n) is 11.1. The summed E-state index contributed by atoms with van der Waals surface area (Å²) in [4.78, 5) is 16.6. The van der Waals surface area contributed by atoms with E-state index >= 15 is 0 Å². The van der Waals surface area contributed by atoms with Crippen molar-refractivity contribution in [1.29, 1.82) is 0 Å². The lowest BCUT2D eigenvalue weighted by Crippen LogP contribution is -2.34. The van der Waals surface area contributed by atoms with E-state index in [-0.39, 0.29) is 11.8 Å². The van der Waals surface area contributed by atoms with Crippen molar-refractivity contribution < 1.29 is 4.84 Å². The minimum Gasteiger partial charge on any atom is -0.267 e. The first-order valence-corrected chi connectivity index (χ1v) is 6.77. The Hall–Kier alpha value is -1.52. The Morgan fingerprint density at radius 2 is 2.32 bits per heavy atom. The molecule has 0 aliphatic carbocycles. The van der Waals surface area contributed by atoms with Crippen molar-refractivity contribution in [3.8, 4) is 0 Å². The Morgan fingerprint density at radius 1 is 1.53 bits per heavy atom. The molecular formula is C15H18N2O2. The lowest BCUT2D eigenvalue weighted by molar-refractivity contribution is 0.198. The quantitative estimate of drug-likeness (QED) is 0.473. The first-order valence-electron chi connectivity index (χ1n) is 6.77. The first-order chi connectivity index (χ1) is 9.28. The van der Waals surface area contributed by atoms with E-state index in [0.717, 1.165) is 19.4 Å². The van der Waals surface area contributed by atoms with Crippen LogP contribution in [0.1, 0.15) is 25.3 Å². The van der Waals surface area contributed by atoms with Crippen molar-refractivity contribution in [2.24, 2.45) is 5.18 Å². The smallest absolute Gasteiger partial charge is 0.188 e. The van der Waals surface area contributed by atoms with Crippen LogP contribution in [0.3, 0.4) is 0 Å². The second-order valence-corrected chi connectivity index (χ2v) is 5.21. The molecule has 2 heterocycles. The van der Waals surface area contributed by atoms with Gasteiger partial charge < -0.3 is 0 Å². The van der Waals surface area contributed by atoms with Gasteiger partial charge in [-0.2, -0.15) is 4.91 Å². The number of hydrogen-bond donors (Lipinski definition) is 0. The third kappa shape index (κ3) is 2.22. The minimum absolute atomic E-state index is 0.121. The normalized spacial score (nSPS) is 33.6. The lowest BCUT2D eigenvalue weighted by Gasteiger charge is -2.23. The lowest BCUT2D eigenvalue weighted by atomic mass is 9.89. The Labute approximate surface area is 113 Å². The van der Waals surface area contributed by atoms with Gasteiger partial charge >= 0.3 is 0 Å². The molecule has 2 fully saturated rings.